The summed E-state index contributed by atoms with van der Waals surface area (Å²) < 4.78 is 18.6. The summed E-state index contributed by atoms with van der Waals surface area (Å²) in [5.41, 5.74) is 1.53. The van der Waals surface area contributed by atoms with Crippen molar-refractivity contribution in [2.45, 2.75) is 0 Å². The second-order valence-electron chi connectivity index (χ2n) is 5.46. The lowest BCUT2D eigenvalue weighted by molar-refractivity contribution is 0.0696. The topological polar surface area (TPSA) is 88.4 Å². The van der Waals surface area contributed by atoms with Crippen LogP contribution < -0.4 is 4.90 Å². The zero-order valence-corrected chi connectivity index (χ0v) is 13.8. The lowest BCUT2D eigenvalue weighted by atomic mass is 10.1. The molecule has 4 rings (SSSR count). The van der Waals surface area contributed by atoms with Crippen molar-refractivity contribution in [3.8, 4) is 11.3 Å². The second-order valence-corrected chi connectivity index (χ2v) is 6.43. The van der Waals surface area contributed by atoms with Crippen LogP contribution in [-0.4, -0.2) is 52.3 Å². The smallest absolute Gasteiger partial charge is 0.365 e. The number of thiazole rings is 1. The summed E-state index contributed by atoms with van der Waals surface area (Å²) in [6, 6.07) is 5.96. The Balaban J connectivity index is 1.89. The van der Waals surface area contributed by atoms with Gasteiger partial charge in [0, 0.05) is 18.7 Å². The Morgan fingerprint density at radius 1 is 1.16 bits per heavy atom. The number of carboxylic acid groups (broad SMARTS) is 1. The highest BCUT2D eigenvalue weighted by molar-refractivity contribution is 7.19. The molecule has 0 atom stereocenters. The molecule has 0 bridgehead atoms. The predicted molar refractivity (Wildman–Crippen MR) is 90.6 cm³/mol. The van der Waals surface area contributed by atoms with Gasteiger partial charge in [-0.05, 0) is 24.3 Å². The Bertz CT molecular complexity index is 938. The highest BCUT2D eigenvalue weighted by Gasteiger charge is 2.22. The number of hydrogen-bond acceptors (Lipinski definition) is 7. The molecular weight excluding hydrogens is 347 g/mol. The van der Waals surface area contributed by atoms with E-state index in [-0.39, 0.29) is 16.5 Å². The van der Waals surface area contributed by atoms with E-state index in [0.29, 0.717) is 48.2 Å². The molecule has 0 radical (unpaired) electrons. The number of aromatic nitrogens is 3. The number of carbonyl (C=O) groups is 1. The van der Waals surface area contributed by atoms with Crippen LogP contribution in [0.15, 0.2) is 24.3 Å². The van der Waals surface area contributed by atoms with E-state index in [4.69, 9.17) is 9.84 Å². The van der Waals surface area contributed by atoms with Gasteiger partial charge in [-0.25, -0.2) is 24.1 Å². The van der Waals surface area contributed by atoms with Gasteiger partial charge in [0.05, 0.1) is 13.2 Å². The van der Waals surface area contributed by atoms with Crippen molar-refractivity contribution < 1.29 is 19.0 Å². The normalized spacial score (nSPS) is 14.8. The van der Waals surface area contributed by atoms with E-state index >= 15 is 0 Å². The van der Waals surface area contributed by atoms with Crippen molar-refractivity contribution in [3.63, 3.8) is 0 Å². The summed E-state index contributed by atoms with van der Waals surface area (Å²) in [4.78, 5) is 26.8. The molecule has 1 aromatic carbocycles. The second kappa shape index (κ2) is 6.34. The summed E-state index contributed by atoms with van der Waals surface area (Å²) in [6.45, 7) is 2.45. The molecule has 1 N–H and O–H groups in total. The number of ether oxygens (including phenoxy) is 1. The fraction of sp³-hybridized carbons (Fsp3) is 0.250. The minimum Gasteiger partial charge on any atom is -0.476 e. The van der Waals surface area contributed by atoms with Crippen LogP contribution in [0, 0.1) is 5.82 Å². The van der Waals surface area contributed by atoms with E-state index in [0.717, 1.165) is 11.3 Å². The lowest BCUT2D eigenvalue weighted by Gasteiger charge is -2.29. The summed E-state index contributed by atoms with van der Waals surface area (Å²) in [5, 5.41) is 9.09. The highest BCUT2D eigenvalue weighted by Crippen LogP contribution is 2.32. The quantitative estimate of drug-likeness (QED) is 0.767. The van der Waals surface area contributed by atoms with E-state index in [1.54, 1.807) is 12.1 Å². The minimum absolute atomic E-state index is 0.0563. The molecule has 2 aromatic heterocycles. The molecule has 7 nitrogen and oxygen atoms in total. The van der Waals surface area contributed by atoms with Gasteiger partial charge in [0.25, 0.3) is 0 Å². The zero-order chi connectivity index (χ0) is 17.4. The van der Waals surface area contributed by atoms with Crippen molar-refractivity contribution in [2.24, 2.45) is 0 Å². The van der Waals surface area contributed by atoms with E-state index in [2.05, 4.69) is 15.0 Å². The summed E-state index contributed by atoms with van der Waals surface area (Å²) >= 11 is 0.988. The van der Waals surface area contributed by atoms with E-state index in [9.17, 15) is 9.18 Å². The highest BCUT2D eigenvalue weighted by atomic mass is 32.1. The molecule has 1 aliphatic heterocycles. The first-order valence-electron chi connectivity index (χ1n) is 7.62. The first-order valence-corrected chi connectivity index (χ1v) is 8.44. The Morgan fingerprint density at radius 2 is 1.88 bits per heavy atom. The molecule has 0 spiro atoms. The van der Waals surface area contributed by atoms with E-state index < -0.39 is 5.97 Å². The van der Waals surface area contributed by atoms with Gasteiger partial charge in [0.15, 0.2) is 16.3 Å². The maximum Gasteiger partial charge on any atom is 0.365 e. The molecule has 1 fully saturated rings. The number of hydrogen-bond donors (Lipinski definition) is 1. The Labute approximate surface area is 145 Å². The van der Waals surface area contributed by atoms with E-state index in [1.807, 2.05) is 4.90 Å². The number of rotatable bonds is 3. The Morgan fingerprint density at radius 3 is 2.56 bits per heavy atom. The zero-order valence-electron chi connectivity index (χ0n) is 13.0. The Hall–Kier alpha value is -2.65. The summed E-state index contributed by atoms with van der Waals surface area (Å²) in [7, 11) is 0. The van der Waals surface area contributed by atoms with Crippen LogP contribution in [0.4, 0.5) is 10.2 Å². The fourth-order valence-corrected chi connectivity index (χ4v) is 3.36. The van der Waals surface area contributed by atoms with Crippen molar-refractivity contribution in [1.29, 1.82) is 0 Å². The van der Waals surface area contributed by atoms with Crippen LogP contribution in [0.3, 0.4) is 0 Å². The molecule has 0 aliphatic carbocycles. The minimum atomic E-state index is -1.11. The fourth-order valence-electron chi connectivity index (χ4n) is 2.64. The molecule has 3 heterocycles. The van der Waals surface area contributed by atoms with Crippen LogP contribution in [-0.2, 0) is 4.74 Å². The van der Waals surface area contributed by atoms with Gasteiger partial charge in [-0.3, -0.25) is 0 Å². The molecular formula is C16H13FN4O3S. The van der Waals surface area contributed by atoms with Crippen LogP contribution in [0.5, 0.6) is 0 Å². The monoisotopic (exact) mass is 360 g/mol. The summed E-state index contributed by atoms with van der Waals surface area (Å²) in [5.74, 6) is -0.823. The van der Waals surface area contributed by atoms with Gasteiger partial charge in [-0.1, -0.05) is 11.3 Å². The molecule has 0 amide bonds. The number of carboxylic acids is 1. The summed E-state index contributed by atoms with van der Waals surface area (Å²) in [6.07, 6.45) is 0. The van der Waals surface area contributed by atoms with Gasteiger partial charge < -0.3 is 14.7 Å². The van der Waals surface area contributed by atoms with Crippen LogP contribution in [0.1, 0.15) is 9.80 Å². The van der Waals surface area contributed by atoms with Gasteiger partial charge in [-0.15, -0.1) is 0 Å². The van der Waals surface area contributed by atoms with Crippen LogP contribution in [0.25, 0.3) is 21.7 Å². The first-order chi connectivity index (χ1) is 12.1. The maximum absolute atomic E-state index is 13.3. The third kappa shape index (κ3) is 3.03. The first kappa shape index (κ1) is 15.9. The Kier molecular flexibility index (Phi) is 4.02. The van der Waals surface area contributed by atoms with Gasteiger partial charge in [0.2, 0.25) is 5.01 Å². The average Bonchev–Trinajstić information content (AvgIpc) is 3.05. The molecule has 0 saturated carbocycles. The van der Waals surface area contributed by atoms with Crippen LogP contribution >= 0.6 is 11.3 Å². The number of anilines is 1. The number of morpholine rings is 1. The molecule has 3 aromatic rings. The number of benzene rings is 1. The molecule has 25 heavy (non-hydrogen) atoms. The third-order valence-electron chi connectivity index (χ3n) is 3.84. The number of aromatic carboxylic acids is 1. The SMILES string of the molecule is O=C(O)c1nc2nc(-c3ccc(F)cc3)c(N3CCOCC3)nc2s1. The van der Waals surface area contributed by atoms with Crippen molar-refractivity contribution in [3.05, 3.63) is 35.1 Å². The van der Waals surface area contributed by atoms with Crippen molar-refractivity contribution >= 4 is 33.6 Å². The van der Waals surface area contributed by atoms with Gasteiger partial charge in [-0.2, -0.15) is 0 Å². The lowest BCUT2D eigenvalue weighted by Crippen LogP contribution is -2.37. The number of halogens is 1. The third-order valence-corrected chi connectivity index (χ3v) is 4.77. The van der Waals surface area contributed by atoms with Gasteiger partial charge >= 0.3 is 5.97 Å². The standard InChI is InChI=1S/C16H13FN4O3S/c17-10-3-1-9(2-4-10)11-13(21-5-7-24-8-6-21)20-14-12(18-11)19-15(25-14)16(22)23/h1-4H,5-8H2,(H,22,23). The number of fused-ring (bicyclic) bond motifs is 1. The molecule has 0 unspecified atom stereocenters. The average molecular weight is 360 g/mol. The number of nitrogens with zero attached hydrogens (tertiary/aromatic N) is 4. The maximum atomic E-state index is 13.3. The largest absolute Gasteiger partial charge is 0.476 e. The molecule has 128 valence electrons. The molecule has 1 aliphatic rings. The van der Waals surface area contributed by atoms with E-state index in [1.165, 1.54) is 12.1 Å². The van der Waals surface area contributed by atoms with Crippen molar-refractivity contribution in [1.82, 2.24) is 15.0 Å². The molecule has 1 saturated heterocycles. The van der Waals surface area contributed by atoms with Gasteiger partial charge in [0.1, 0.15) is 11.5 Å². The van der Waals surface area contributed by atoms with Crippen molar-refractivity contribution in [2.75, 3.05) is 31.2 Å². The van der Waals surface area contributed by atoms with Crippen LogP contribution in [0.2, 0.25) is 0 Å². The predicted octanol–water partition coefficient (Wildman–Crippen LogP) is 2.43. The molecule has 9 heteroatoms.